The Bertz CT molecular complexity index is 1120. The fourth-order valence-electron chi connectivity index (χ4n) is 7.88. The molecule has 0 N–H and O–H groups in total. The van der Waals surface area contributed by atoms with Gasteiger partial charge in [-0.1, -0.05) is 66.7 Å². The molecule has 0 bridgehead atoms. The van der Waals surface area contributed by atoms with Crippen LogP contribution in [0.1, 0.15) is 44.2 Å². The van der Waals surface area contributed by atoms with Crippen LogP contribution in [0.4, 0.5) is 0 Å². The van der Waals surface area contributed by atoms with Gasteiger partial charge in [-0.05, 0) is 49.1 Å². The first-order chi connectivity index (χ1) is 15.0. The molecule has 0 unspecified atom stereocenters. The molecular formula is C29H34BrNO. The van der Waals surface area contributed by atoms with Crippen LogP contribution in [0.15, 0.2) is 72.8 Å². The van der Waals surface area contributed by atoms with E-state index in [1.807, 2.05) is 0 Å². The highest BCUT2D eigenvalue weighted by Crippen LogP contribution is 2.64. The molecule has 6 rings (SSSR count). The first kappa shape index (κ1) is 22.1. The molecule has 168 valence electrons. The van der Waals surface area contributed by atoms with Crippen LogP contribution in [-0.2, 0) is 17.9 Å². The number of benzene rings is 3. The predicted molar refractivity (Wildman–Crippen MR) is 127 cm³/mol. The number of halogens is 1. The molecule has 5 atom stereocenters. The molecule has 2 aliphatic heterocycles. The minimum absolute atomic E-state index is 0. The standard InChI is InChI=1S/C29H34NO.BrH/c1-28(31-20-22-8-4-3-5-9-22)21-30(17-16-26-14-15-27(28)29(26,30)2)19-23-12-13-24-10-6-7-11-25(24)18-23;/h3-13,18,26-27H,14-17,19-21H2,1-2H3;1H/q+1;/p-1/t26-,27+,28+,29+,30+;/m0./s1. The third-order valence-corrected chi connectivity index (χ3v) is 9.33. The number of rotatable bonds is 5. The lowest BCUT2D eigenvalue weighted by Crippen LogP contribution is -3.00. The normalized spacial score (nSPS) is 35.1. The maximum absolute atomic E-state index is 6.83. The van der Waals surface area contributed by atoms with Crippen LogP contribution >= 0.6 is 0 Å². The average molecular weight is 493 g/mol. The summed E-state index contributed by atoms with van der Waals surface area (Å²) in [7, 11) is 0. The summed E-state index contributed by atoms with van der Waals surface area (Å²) >= 11 is 0. The van der Waals surface area contributed by atoms with Crippen molar-refractivity contribution in [1.82, 2.24) is 0 Å². The molecule has 3 fully saturated rings. The van der Waals surface area contributed by atoms with Crippen molar-refractivity contribution in [1.29, 1.82) is 0 Å². The Kier molecular flexibility index (Phi) is 5.51. The van der Waals surface area contributed by atoms with Crippen LogP contribution in [0, 0.1) is 11.8 Å². The van der Waals surface area contributed by atoms with Crippen LogP contribution in [0.25, 0.3) is 10.8 Å². The third-order valence-electron chi connectivity index (χ3n) is 9.33. The molecule has 3 aliphatic rings. The summed E-state index contributed by atoms with van der Waals surface area (Å²) in [5.41, 5.74) is 3.07. The summed E-state index contributed by atoms with van der Waals surface area (Å²) in [6, 6.07) is 26.6. The summed E-state index contributed by atoms with van der Waals surface area (Å²) in [4.78, 5) is 0. The number of hydrogen-bond acceptors (Lipinski definition) is 1. The van der Waals surface area contributed by atoms with E-state index in [0.29, 0.717) is 11.5 Å². The van der Waals surface area contributed by atoms with Gasteiger partial charge in [0.25, 0.3) is 0 Å². The van der Waals surface area contributed by atoms with Crippen LogP contribution in [0.5, 0.6) is 0 Å². The molecule has 2 saturated heterocycles. The molecule has 3 aromatic carbocycles. The van der Waals surface area contributed by atoms with Crippen molar-refractivity contribution in [2.24, 2.45) is 11.8 Å². The second-order valence-corrected chi connectivity index (χ2v) is 10.8. The summed E-state index contributed by atoms with van der Waals surface area (Å²) in [5, 5.41) is 2.71. The van der Waals surface area contributed by atoms with E-state index in [9.17, 15) is 0 Å². The van der Waals surface area contributed by atoms with Gasteiger partial charge < -0.3 is 26.2 Å². The van der Waals surface area contributed by atoms with Crippen molar-refractivity contribution in [3.8, 4) is 0 Å². The fourth-order valence-corrected chi connectivity index (χ4v) is 7.88. The molecule has 0 radical (unpaired) electrons. The van der Waals surface area contributed by atoms with E-state index in [0.717, 1.165) is 25.6 Å². The van der Waals surface area contributed by atoms with Gasteiger partial charge in [-0.2, -0.15) is 0 Å². The van der Waals surface area contributed by atoms with E-state index in [1.54, 1.807) is 0 Å². The highest BCUT2D eigenvalue weighted by Gasteiger charge is 2.74. The molecular weight excluding hydrogens is 458 g/mol. The smallest absolute Gasteiger partial charge is 0.123 e. The van der Waals surface area contributed by atoms with Crippen LogP contribution in [0.3, 0.4) is 0 Å². The van der Waals surface area contributed by atoms with Gasteiger partial charge in [-0.3, -0.25) is 0 Å². The maximum Gasteiger partial charge on any atom is 0.123 e. The first-order valence-electron chi connectivity index (χ1n) is 12.0. The molecule has 3 heteroatoms. The lowest BCUT2D eigenvalue weighted by atomic mass is 9.78. The zero-order valence-corrected chi connectivity index (χ0v) is 20.9. The number of quaternary nitrogens is 1. The van der Waals surface area contributed by atoms with Crippen LogP contribution in [0.2, 0.25) is 0 Å². The fraction of sp³-hybridized carbons (Fsp3) is 0.448. The van der Waals surface area contributed by atoms with Gasteiger partial charge >= 0.3 is 0 Å². The van der Waals surface area contributed by atoms with Gasteiger partial charge in [-0.25, -0.2) is 0 Å². The molecule has 2 nitrogen and oxygen atoms in total. The van der Waals surface area contributed by atoms with E-state index in [2.05, 4.69) is 86.6 Å². The molecule has 0 amide bonds. The third kappa shape index (κ3) is 3.20. The van der Waals surface area contributed by atoms with Crippen molar-refractivity contribution in [3.05, 3.63) is 83.9 Å². The molecule has 3 aromatic rings. The van der Waals surface area contributed by atoms with E-state index in [-0.39, 0.29) is 22.6 Å². The molecule has 2 heterocycles. The Morgan fingerprint density at radius 3 is 2.41 bits per heavy atom. The lowest BCUT2D eigenvalue weighted by molar-refractivity contribution is -0.967. The monoisotopic (exact) mass is 491 g/mol. The highest BCUT2D eigenvalue weighted by atomic mass is 79.9. The Balaban J connectivity index is 0.00000216. The number of nitrogens with zero attached hydrogens (tertiary/aromatic N) is 1. The van der Waals surface area contributed by atoms with E-state index < -0.39 is 0 Å². The molecule has 32 heavy (non-hydrogen) atoms. The first-order valence-corrected chi connectivity index (χ1v) is 12.0. The minimum Gasteiger partial charge on any atom is -1.00 e. The number of fused-ring (bicyclic) bond motifs is 1. The number of hydrogen-bond donors (Lipinski definition) is 0. The second-order valence-electron chi connectivity index (χ2n) is 10.8. The summed E-state index contributed by atoms with van der Waals surface area (Å²) in [6.07, 6.45) is 4.09. The summed E-state index contributed by atoms with van der Waals surface area (Å²) in [5.74, 6) is 1.50. The minimum atomic E-state index is -0.0450. The van der Waals surface area contributed by atoms with Gasteiger partial charge in [0.2, 0.25) is 0 Å². The molecule has 1 aliphatic carbocycles. The topological polar surface area (TPSA) is 9.23 Å². The van der Waals surface area contributed by atoms with Gasteiger partial charge in [0.15, 0.2) is 0 Å². The van der Waals surface area contributed by atoms with Gasteiger partial charge in [0.1, 0.15) is 24.2 Å². The van der Waals surface area contributed by atoms with Crippen LogP contribution in [-0.4, -0.2) is 28.7 Å². The molecule has 0 aromatic heterocycles. The van der Waals surface area contributed by atoms with Gasteiger partial charge in [-0.15, -0.1) is 0 Å². The summed E-state index contributed by atoms with van der Waals surface area (Å²) in [6.45, 7) is 9.34. The molecule has 1 saturated carbocycles. The van der Waals surface area contributed by atoms with Gasteiger partial charge in [0.05, 0.1) is 13.2 Å². The highest BCUT2D eigenvalue weighted by molar-refractivity contribution is 5.82. The summed E-state index contributed by atoms with van der Waals surface area (Å²) < 4.78 is 8.04. The van der Waals surface area contributed by atoms with E-state index >= 15 is 0 Å². The predicted octanol–water partition coefficient (Wildman–Crippen LogP) is 3.34. The zero-order valence-electron chi connectivity index (χ0n) is 19.3. The maximum atomic E-state index is 6.83. The number of ether oxygens (including phenoxy) is 1. The van der Waals surface area contributed by atoms with Crippen molar-refractivity contribution in [2.45, 2.75) is 57.4 Å². The Labute approximate surface area is 202 Å². The Morgan fingerprint density at radius 1 is 0.844 bits per heavy atom. The van der Waals surface area contributed by atoms with Crippen molar-refractivity contribution in [3.63, 3.8) is 0 Å². The quantitative estimate of drug-likeness (QED) is 0.497. The van der Waals surface area contributed by atoms with Crippen LogP contribution < -0.4 is 17.0 Å². The van der Waals surface area contributed by atoms with Crippen molar-refractivity contribution in [2.75, 3.05) is 13.1 Å². The van der Waals surface area contributed by atoms with E-state index in [4.69, 9.17) is 4.74 Å². The second kappa shape index (κ2) is 7.97. The lowest BCUT2D eigenvalue weighted by Gasteiger charge is -2.43. The van der Waals surface area contributed by atoms with Crippen molar-refractivity contribution >= 4 is 10.8 Å². The van der Waals surface area contributed by atoms with Gasteiger partial charge in [0, 0.05) is 23.8 Å². The van der Waals surface area contributed by atoms with Crippen molar-refractivity contribution < 1.29 is 26.2 Å². The average Bonchev–Trinajstić information content (AvgIpc) is 3.34. The Morgan fingerprint density at radius 2 is 1.59 bits per heavy atom. The zero-order chi connectivity index (χ0) is 21.1. The SMILES string of the molecule is C[C@@]12[C@H]3CC[C@@H]1[C@](C)(OCc1ccccc1)C[N@+]2(Cc1ccc2ccccc2c1)CC3.[Br-]. The molecule has 0 spiro atoms. The Hall–Kier alpha value is -1.68. The largest absolute Gasteiger partial charge is 1.00 e. The van der Waals surface area contributed by atoms with E-state index in [1.165, 1.54) is 52.2 Å².